The highest BCUT2D eigenvalue weighted by atomic mass is 32.2. The summed E-state index contributed by atoms with van der Waals surface area (Å²) in [5.74, 6) is 0.268. The Balaban J connectivity index is 1.80. The molecule has 126 valence electrons. The van der Waals surface area contributed by atoms with Crippen LogP contribution < -0.4 is 0 Å². The molecule has 2 heterocycles. The normalized spacial score (nSPS) is 25.9. The predicted octanol–water partition coefficient (Wildman–Crippen LogP) is 0.493. The highest BCUT2D eigenvalue weighted by molar-refractivity contribution is 7.90. The number of rotatable bonds is 2. The van der Waals surface area contributed by atoms with Gasteiger partial charge < -0.3 is 9.64 Å². The van der Waals surface area contributed by atoms with Crippen molar-refractivity contribution in [2.45, 2.75) is 10.9 Å². The minimum Gasteiger partial charge on any atom is -0.379 e. The van der Waals surface area contributed by atoms with Crippen molar-refractivity contribution in [3.63, 3.8) is 0 Å². The van der Waals surface area contributed by atoms with E-state index in [0.29, 0.717) is 37.8 Å². The molecule has 0 N–H and O–H groups in total. The van der Waals surface area contributed by atoms with Crippen molar-refractivity contribution >= 4 is 15.7 Å². The van der Waals surface area contributed by atoms with Crippen molar-refractivity contribution in [1.29, 1.82) is 0 Å². The van der Waals surface area contributed by atoms with Gasteiger partial charge in [0.1, 0.15) is 0 Å². The van der Waals surface area contributed by atoms with E-state index in [0.717, 1.165) is 12.8 Å². The van der Waals surface area contributed by atoms with E-state index in [1.165, 1.54) is 12.1 Å². The number of hydrogen-bond acceptors (Lipinski definition) is 5. The predicted molar refractivity (Wildman–Crippen MR) is 86.2 cm³/mol. The first-order valence-corrected chi connectivity index (χ1v) is 9.61. The van der Waals surface area contributed by atoms with Gasteiger partial charge in [-0.15, -0.1) is 0 Å². The summed E-state index contributed by atoms with van der Waals surface area (Å²) in [4.78, 5) is 17.1. The Hall–Kier alpha value is -1.44. The number of nitrogens with zero attached hydrogens (tertiary/aromatic N) is 2. The zero-order valence-electron chi connectivity index (χ0n) is 13.4. The maximum atomic E-state index is 12.8. The SMILES string of the molecule is CN1C[C@H]2COC[C@@H]1CN(C(=O)c1ccc(S(C)(=O)=O)cc1)C2. The molecule has 6 nitrogen and oxygen atoms in total. The van der Waals surface area contributed by atoms with Crippen LogP contribution in [0, 0.1) is 5.92 Å². The van der Waals surface area contributed by atoms with Crippen LogP contribution >= 0.6 is 0 Å². The van der Waals surface area contributed by atoms with E-state index in [1.807, 2.05) is 4.90 Å². The summed E-state index contributed by atoms with van der Waals surface area (Å²) in [6.07, 6.45) is 1.16. The number of benzene rings is 1. The van der Waals surface area contributed by atoms with Crippen LogP contribution in [0.25, 0.3) is 0 Å². The summed E-state index contributed by atoms with van der Waals surface area (Å²) in [5.41, 5.74) is 0.529. The maximum Gasteiger partial charge on any atom is 0.253 e. The largest absolute Gasteiger partial charge is 0.379 e. The topological polar surface area (TPSA) is 66.9 Å². The number of hydrogen-bond donors (Lipinski definition) is 0. The summed E-state index contributed by atoms with van der Waals surface area (Å²) >= 11 is 0. The minimum atomic E-state index is -3.24. The van der Waals surface area contributed by atoms with Crippen molar-refractivity contribution in [2.24, 2.45) is 5.92 Å². The van der Waals surface area contributed by atoms with Crippen LogP contribution in [0.3, 0.4) is 0 Å². The molecule has 2 aliphatic rings. The molecule has 0 spiro atoms. The van der Waals surface area contributed by atoms with E-state index in [4.69, 9.17) is 4.74 Å². The molecule has 2 saturated heterocycles. The second-order valence-corrected chi connectivity index (χ2v) is 8.52. The molecule has 0 radical (unpaired) electrons. The molecule has 2 aliphatic heterocycles. The van der Waals surface area contributed by atoms with E-state index in [-0.39, 0.29) is 16.8 Å². The Morgan fingerprint density at radius 1 is 1.13 bits per heavy atom. The molecular weight excluding hydrogens is 316 g/mol. The van der Waals surface area contributed by atoms with Gasteiger partial charge in [0.25, 0.3) is 5.91 Å². The van der Waals surface area contributed by atoms with Crippen molar-refractivity contribution in [1.82, 2.24) is 9.80 Å². The average molecular weight is 338 g/mol. The molecule has 1 aromatic rings. The fourth-order valence-corrected chi connectivity index (χ4v) is 3.87. The lowest BCUT2D eigenvalue weighted by molar-refractivity contribution is 0.0433. The summed E-state index contributed by atoms with van der Waals surface area (Å²) in [5, 5.41) is 0. The van der Waals surface area contributed by atoms with Crippen LogP contribution in [0.15, 0.2) is 29.2 Å². The monoisotopic (exact) mass is 338 g/mol. The Bertz CT molecular complexity index is 687. The van der Waals surface area contributed by atoms with Crippen LogP contribution in [0.5, 0.6) is 0 Å². The number of amides is 1. The highest BCUT2D eigenvalue weighted by Crippen LogP contribution is 2.20. The van der Waals surface area contributed by atoms with Crippen LogP contribution in [-0.4, -0.2) is 76.3 Å². The van der Waals surface area contributed by atoms with Crippen molar-refractivity contribution in [3.05, 3.63) is 29.8 Å². The third kappa shape index (κ3) is 3.57. The molecule has 2 bridgehead atoms. The molecule has 0 unspecified atom stereocenters. The van der Waals surface area contributed by atoms with E-state index in [9.17, 15) is 13.2 Å². The quantitative estimate of drug-likeness (QED) is 0.785. The standard InChI is InChI=1S/C16H22N2O4S/c1-17-7-12-8-18(9-14(17)11-22-10-12)16(19)13-3-5-15(6-4-13)23(2,20)21/h3-6,12,14H,7-11H2,1-2H3/t12-,14+/m1/s1. The van der Waals surface area contributed by atoms with Gasteiger partial charge in [0.2, 0.25) is 0 Å². The molecular formula is C16H22N2O4S. The second-order valence-electron chi connectivity index (χ2n) is 6.50. The van der Waals surface area contributed by atoms with E-state index in [1.54, 1.807) is 12.1 Å². The first-order chi connectivity index (χ1) is 10.8. The average Bonchev–Trinajstić information content (AvgIpc) is 2.74. The smallest absolute Gasteiger partial charge is 0.253 e. The van der Waals surface area contributed by atoms with Crippen LogP contribution in [0.4, 0.5) is 0 Å². The third-order valence-corrected chi connectivity index (χ3v) is 5.69. The molecule has 1 aromatic carbocycles. The molecule has 1 amide bonds. The number of ether oxygens (including phenoxy) is 1. The lowest BCUT2D eigenvalue weighted by atomic mass is 10.1. The van der Waals surface area contributed by atoms with Gasteiger partial charge in [-0.25, -0.2) is 8.42 Å². The molecule has 23 heavy (non-hydrogen) atoms. The van der Waals surface area contributed by atoms with Crippen molar-refractivity contribution < 1.29 is 17.9 Å². The Labute approximate surface area is 136 Å². The van der Waals surface area contributed by atoms with Gasteiger partial charge >= 0.3 is 0 Å². The van der Waals surface area contributed by atoms with Crippen LogP contribution in [0.2, 0.25) is 0 Å². The van der Waals surface area contributed by atoms with E-state index < -0.39 is 9.84 Å². The van der Waals surface area contributed by atoms with Gasteiger partial charge in [-0.05, 0) is 31.3 Å². The van der Waals surface area contributed by atoms with Crippen molar-refractivity contribution in [2.75, 3.05) is 46.2 Å². The fraction of sp³-hybridized carbons (Fsp3) is 0.562. The summed E-state index contributed by atoms with van der Waals surface area (Å²) in [7, 11) is -1.17. The minimum absolute atomic E-state index is 0.0442. The number of sulfone groups is 1. The zero-order valence-corrected chi connectivity index (χ0v) is 14.3. The molecule has 2 fully saturated rings. The molecule has 0 saturated carbocycles. The first kappa shape index (κ1) is 16.4. The lowest BCUT2D eigenvalue weighted by Gasteiger charge is -2.29. The van der Waals surface area contributed by atoms with Gasteiger partial charge in [0.15, 0.2) is 9.84 Å². The molecule has 2 atom stereocenters. The van der Waals surface area contributed by atoms with Gasteiger partial charge in [-0.3, -0.25) is 9.69 Å². The Morgan fingerprint density at radius 2 is 1.83 bits per heavy atom. The highest BCUT2D eigenvalue weighted by Gasteiger charge is 2.33. The first-order valence-electron chi connectivity index (χ1n) is 7.72. The van der Waals surface area contributed by atoms with Gasteiger partial charge in [0.05, 0.1) is 24.2 Å². The van der Waals surface area contributed by atoms with Crippen LogP contribution in [-0.2, 0) is 14.6 Å². The Morgan fingerprint density at radius 3 is 2.48 bits per heavy atom. The van der Waals surface area contributed by atoms with Crippen molar-refractivity contribution in [3.8, 4) is 0 Å². The van der Waals surface area contributed by atoms with Gasteiger partial charge in [-0.2, -0.15) is 0 Å². The van der Waals surface area contributed by atoms with Gasteiger partial charge in [-0.1, -0.05) is 0 Å². The summed E-state index contributed by atoms with van der Waals surface area (Å²) in [6.45, 7) is 3.57. The Kier molecular flexibility index (Phi) is 4.44. The third-order valence-electron chi connectivity index (χ3n) is 4.56. The molecule has 0 aliphatic carbocycles. The number of carbonyl (C=O) groups excluding carboxylic acids is 1. The van der Waals surface area contributed by atoms with E-state index in [2.05, 4.69) is 11.9 Å². The number of likely N-dealkylation sites (N-methyl/N-ethyl adjacent to an activating group) is 1. The lowest BCUT2D eigenvalue weighted by Crippen LogP contribution is -2.44. The number of fused-ring (bicyclic) bond motifs is 3. The second kappa shape index (κ2) is 6.22. The maximum absolute atomic E-state index is 12.8. The fourth-order valence-electron chi connectivity index (χ4n) is 3.24. The molecule has 7 heteroatoms. The van der Waals surface area contributed by atoms with Gasteiger partial charge in [0, 0.05) is 37.4 Å². The molecule has 3 rings (SSSR count). The van der Waals surface area contributed by atoms with Crippen LogP contribution in [0.1, 0.15) is 10.4 Å². The van der Waals surface area contributed by atoms with E-state index >= 15 is 0 Å². The summed E-state index contributed by atoms with van der Waals surface area (Å²) < 4.78 is 28.7. The summed E-state index contributed by atoms with van der Waals surface area (Å²) in [6, 6.07) is 6.40. The number of carbonyl (C=O) groups is 1. The zero-order chi connectivity index (χ0) is 16.6. The molecule has 0 aromatic heterocycles.